The number of carbonyl (C=O) groups is 1. The van der Waals surface area contributed by atoms with Crippen LogP contribution in [-0.4, -0.2) is 33.6 Å². The Morgan fingerprint density at radius 1 is 1.22 bits per heavy atom. The number of hydrogen-bond acceptors (Lipinski definition) is 4. The van der Waals surface area contributed by atoms with Crippen molar-refractivity contribution in [1.82, 2.24) is 4.72 Å². The van der Waals surface area contributed by atoms with Gasteiger partial charge >= 0.3 is 0 Å². The fourth-order valence-electron chi connectivity index (χ4n) is 2.80. The van der Waals surface area contributed by atoms with Gasteiger partial charge in [0.15, 0.2) is 0 Å². The van der Waals surface area contributed by atoms with Gasteiger partial charge < -0.3 is 10.1 Å². The molecule has 0 unspecified atom stereocenters. The predicted molar refractivity (Wildman–Crippen MR) is 105 cm³/mol. The van der Waals surface area contributed by atoms with E-state index in [-0.39, 0.29) is 23.5 Å². The molecule has 8 heteroatoms. The van der Waals surface area contributed by atoms with Gasteiger partial charge in [0.05, 0.1) is 11.0 Å². The molecule has 0 aromatic heterocycles. The second-order valence-corrected chi connectivity index (χ2v) is 8.63. The van der Waals surface area contributed by atoms with Gasteiger partial charge in [-0.15, -0.1) is 0 Å². The van der Waals surface area contributed by atoms with Crippen molar-refractivity contribution in [3.8, 4) is 0 Å². The van der Waals surface area contributed by atoms with Crippen LogP contribution < -0.4 is 10.0 Å². The lowest BCUT2D eigenvalue weighted by Gasteiger charge is -2.12. The van der Waals surface area contributed by atoms with E-state index in [9.17, 15) is 13.2 Å². The van der Waals surface area contributed by atoms with Crippen LogP contribution in [0.2, 0.25) is 5.02 Å². The Morgan fingerprint density at radius 3 is 2.63 bits per heavy atom. The zero-order chi connectivity index (χ0) is 19.4. The highest BCUT2D eigenvalue weighted by molar-refractivity contribution is 7.89. The third-order valence-corrected chi connectivity index (χ3v) is 6.07. The molecule has 0 saturated carbocycles. The van der Waals surface area contributed by atoms with E-state index in [0.717, 1.165) is 18.4 Å². The van der Waals surface area contributed by atoms with E-state index >= 15 is 0 Å². The highest BCUT2D eigenvalue weighted by Crippen LogP contribution is 2.21. The van der Waals surface area contributed by atoms with Gasteiger partial charge in [0, 0.05) is 29.4 Å². The van der Waals surface area contributed by atoms with Crippen molar-refractivity contribution in [3.05, 3.63) is 58.6 Å². The number of ether oxygens (including phenoxy) is 1. The lowest BCUT2D eigenvalue weighted by molar-refractivity contribution is 0.102. The van der Waals surface area contributed by atoms with E-state index in [4.69, 9.17) is 16.3 Å². The van der Waals surface area contributed by atoms with Crippen LogP contribution in [0.3, 0.4) is 0 Å². The third kappa shape index (κ3) is 5.07. The van der Waals surface area contributed by atoms with Crippen LogP contribution in [0.15, 0.2) is 47.4 Å². The van der Waals surface area contributed by atoms with Gasteiger partial charge in [-0.25, -0.2) is 13.1 Å². The molecule has 2 N–H and O–H groups in total. The maximum absolute atomic E-state index is 12.4. The summed E-state index contributed by atoms with van der Waals surface area (Å²) in [5.41, 5.74) is 1.85. The molecule has 1 heterocycles. The Balaban J connectivity index is 1.66. The van der Waals surface area contributed by atoms with Crippen molar-refractivity contribution >= 4 is 33.2 Å². The quantitative estimate of drug-likeness (QED) is 0.767. The zero-order valence-corrected chi connectivity index (χ0v) is 16.4. The number of halogens is 1. The lowest BCUT2D eigenvalue weighted by atomic mass is 10.1. The van der Waals surface area contributed by atoms with Crippen LogP contribution in [0.4, 0.5) is 5.69 Å². The van der Waals surface area contributed by atoms with Gasteiger partial charge in [0.1, 0.15) is 0 Å². The number of rotatable bonds is 6. The first-order chi connectivity index (χ1) is 12.8. The Bertz CT molecular complexity index is 923. The molecule has 1 atom stereocenters. The molecular weight excluding hydrogens is 388 g/mol. The van der Waals surface area contributed by atoms with Gasteiger partial charge in [-0.2, -0.15) is 0 Å². The standard InChI is InChI=1S/C19H21ClN2O4S/c1-13-4-7-15(20)11-18(13)22-19(23)14-5-8-17(9-6-14)27(24,25)21-12-16-3-2-10-26-16/h4-9,11,16,21H,2-3,10,12H2,1H3,(H,22,23)/t16-/m0/s1. The highest BCUT2D eigenvalue weighted by Gasteiger charge is 2.20. The molecule has 1 aliphatic heterocycles. The summed E-state index contributed by atoms with van der Waals surface area (Å²) in [6.45, 7) is 2.78. The molecule has 2 aromatic rings. The normalized spacial score (nSPS) is 17.0. The highest BCUT2D eigenvalue weighted by atomic mass is 35.5. The molecule has 3 rings (SSSR count). The number of nitrogens with one attached hydrogen (secondary N) is 2. The van der Waals surface area contributed by atoms with Crippen LogP contribution >= 0.6 is 11.6 Å². The summed E-state index contributed by atoms with van der Waals surface area (Å²) in [4.78, 5) is 12.5. The molecule has 27 heavy (non-hydrogen) atoms. The van der Waals surface area contributed by atoms with Crippen LogP contribution in [-0.2, 0) is 14.8 Å². The summed E-state index contributed by atoms with van der Waals surface area (Å²) in [5, 5.41) is 3.31. The second-order valence-electron chi connectivity index (χ2n) is 6.42. The molecular formula is C19H21ClN2O4S. The molecule has 0 spiro atoms. The fraction of sp³-hybridized carbons (Fsp3) is 0.316. The second kappa shape index (κ2) is 8.39. The van der Waals surface area contributed by atoms with E-state index in [1.165, 1.54) is 24.3 Å². The molecule has 1 fully saturated rings. The average Bonchev–Trinajstić information content (AvgIpc) is 3.17. The molecule has 1 saturated heterocycles. The van der Waals surface area contributed by atoms with Crippen LogP contribution in [0.25, 0.3) is 0 Å². The van der Waals surface area contributed by atoms with E-state index < -0.39 is 10.0 Å². The van der Waals surface area contributed by atoms with Crippen molar-refractivity contribution < 1.29 is 17.9 Å². The van der Waals surface area contributed by atoms with Gasteiger partial charge in [-0.3, -0.25) is 4.79 Å². The van der Waals surface area contributed by atoms with Crippen LogP contribution in [0.5, 0.6) is 0 Å². The lowest BCUT2D eigenvalue weighted by Crippen LogP contribution is -2.31. The van der Waals surface area contributed by atoms with E-state index in [0.29, 0.717) is 22.9 Å². The summed E-state index contributed by atoms with van der Waals surface area (Å²) in [6.07, 6.45) is 1.72. The first kappa shape index (κ1) is 19.8. The largest absolute Gasteiger partial charge is 0.377 e. The maximum Gasteiger partial charge on any atom is 0.255 e. The Hall–Kier alpha value is -1.93. The average molecular weight is 409 g/mol. The van der Waals surface area contributed by atoms with Crippen molar-refractivity contribution in [1.29, 1.82) is 0 Å². The molecule has 0 aliphatic carbocycles. The predicted octanol–water partition coefficient (Wildman–Crippen LogP) is 3.36. The first-order valence-electron chi connectivity index (χ1n) is 8.64. The van der Waals surface area contributed by atoms with E-state index in [1.807, 2.05) is 13.0 Å². The topological polar surface area (TPSA) is 84.5 Å². The van der Waals surface area contributed by atoms with E-state index in [2.05, 4.69) is 10.0 Å². The minimum Gasteiger partial charge on any atom is -0.377 e. The monoisotopic (exact) mass is 408 g/mol. The number of amides is 1. The molecule has 1 aliphatic rings. The number of benzene rings is 2. The number of aryl methyl sites for hydroxylation is 1. The van der Waals surface area contributed by atoms with Crippen molar-refractivity contribution in [2.24, 2.45) is 0 Å². The van der Waals surface area contributed by atoms with Crippen molar-refractivity contribution in [2.45, 2.75) is 30.8 Å². The van der Waals surface area contributed by atoms with Crippen LogP contribution in [0, 0.1) is 6.92 Å². The van der Waals surface area contributed by atoms with Gasteiger partial charge in [-0.05, 0) is 61.7 Å². The maximum atomic E-state index is 12.4. The third-order valence-electron chi connectivity index (χ3n) is 4.40. The summed E-state index contributed by atoms with van der Waals surface area (Å²) in [7, 11) is -3.64. The van der Waals surface area contributed by atoms with Gasteiger partial charge in [-0.1, -0.05) is 17.7 Å². The first-order valence-corrected chi connectivity index (χ1v) is 10.5. The molecule has 2 aromatic carbocycles. The number of carbonyl (C=O) groups excluding carboxylic acids is 1. The Kier molecular flexibility index (Phi) is 6.16. The summed E-state index contributed by atoms with van der Waals surface area (Å²) in [5.74, 6) is -0.336. The molecule has 6 nitrogen and oxygen atoms in total. The molecule has 0 bridgehead atoms. The summed E-state index contributed by atoms with van der Waals surface area (Å²) < 4.78 is 32.7. The van der Waals surface area contributed by atoms with Crippen LogP contribution in [0.1, 0.15) is 28.8 Å². The smallest absolute Gasteiger partial charge is 0.255 e. The zero-order valence-electron chi connectivity index (χ0n) is 14.9. The fourth-order valence-corrected chi connectivity index (χ4v) is 4.04. The number of sulfonamides is 1. The Labute approximate surface area is 163 Å². The van der Waals surface area contributed by atoms with Gasteiger partial charge in [0.25, 0.3) is 5.91 Å². The van der Waals surface area contributed by atoms with Crippen molar-refractivity contribution in [3.63, 3.8) is 0 Å². The Morgan fingerprint density at radius 2 is 1.96 bits per heavy atom. The number of hydrogen-bond donors (Lipinski definition) is 2. The number of anilines is 1. The molecule has 144 valence electrons. The minimum absolute atomic E-state index is 0.0780. The van der Waals surface area contributed by atoms with Gasteiger partial charge in [0.2, 0.25) is 10.0 Å². The SMILES string of the molecule is Cc1ccc(Cl)cc1NC(=O)c1ccc(S(=O)(=O)NC[C@@H]2CCCO2)cc1. The molecule has 1 amide bonds. The van der Waals surface area contributed by atoms with E-state index in [1.54, 1.807) is 12.1 Å². The summed E-state index contributed by atoms with van der Waals surface area (Å²) in [6, 6.07) is 11.0. The van der Waals surface area contributed by atoms with Crippen molar-refractivity contribution in [2.75, 3.05) is 18.5 Å². The summed E-state index contributed by atoms with van der Waals surface area (Å²) >= 11 is 5.96. The minimum atomic E-state index is -3.64. The molecule has 0 radical (unpaired) electrons.